The molecule has 0 aromatic carbocycles. The third kappa shape index (κ3) is 1.75. The van der Waals surface area contributed by atoms with Gasteiger partial charge in [-0.1, -0.05) is 19.8 Å². The molecule has 0 radical (unpaired) electrons. The predicted molar refractivity (Wildman–Crippen MR) is 65.0 cm³/mol. The first-order chi connectivity index (χ1) is 7.62. The number of carbonyl (C=O) groups is 1. The van der Waals surface area contributed by atoms with Crippen LogP contribution in [-0.4, -0.2) is 29.1 Å². The smallest absolute Gasteiger partial charge is 0.243 e. The van der Waals surface area contributed by atoms with Gasteiger partial charge in [-0.3, -0.25) is 10.1 Å². The van der Waals surface area contributed by atoms with Crippen LogP contribution in [0.3, 0.4) is 0 Å². The van der Waals surface area contributed by atoms with Gasteiger partial charge in [-0.15, -0.1) is 0 Å². The molecule has 1 aliphatic heterocycles. The molecule has 2 atom stereocenters. The Morgan fingerprint density at radius 1 is 1.38 bits per heavy atom. The van der Waals surface area contributed by atoms with E-state index in [1.165, 1.54) is 25.7 Å². The molecule has 2 unspecified atom stereocenters. The second-order valence-corrected chi connectivity index (χ2v) is 5.41. The van der Waals surface area contributed by atoms with Gasteiger partial charge in [0.05, 0.1) is 11.7 Å². The van der Waals surface area contributed by atoms with Gasteiger partial charge in [0.15, 0.2) is 0 Å². The number of rotatable bonds is 3. The molecule has 1 amide bonds. The normalized spacial score (nSPS) is 36.3. The summed E-state index contributed by atoms with van der Waals surface area (Å²) < 4.78 is 0. The standard InChI is InChI=1S/C13H24N2O/c1-4-13(3)12(16)15(5-2)11(14-13)10-8-6-7-9-10/h10-11,14H,4-9H2,1-3H3. The lowest BCUT2D eigenvalue weighted by atomic mass is 9.99. The number of nitrogens with one attached hydrogen (secondary N) is 1. The van der Waals surface area contributed by atoms with Crippen molar-refractivity contribution in [2.24, 2.45) is 5.92 Å². The van der Waals surface area contributed by atoms with Crippen LogP contribution >= 0.6 is 0 Å². The molecule has 2 rings (SSSR count). The molecule has 2 aliphatic rings. The van der Waals surface area contributed by atoms with E-state index in [9.17, 15) is 4.79 Å². The number of likely N-dealkylation sites (N-methyl/N-ethyl adjacent to an activating group) is 1. The zero-order valence-corrected chi connectivity index (χ0v) is 10.8. The summed E-state index contributed by atoms with van der Waals surface area (Å²) in [6.07, 6.45) is 6.40. The first-order valence-corrected chi connectivity index (χ1v) is 6.71. The van der Waals surface area contributed by atoms with Crippen LogP contribution in [0.1, 0.15) is 52.9 Å². The Balaban J connectivity index is 2.16. The highest BCUT2D eigenvalue weighted by atomic mass is 16.2. The van der Waals surface area contributed by atoms with Crippen LogP contribution in [-0.2, 0) is 4.79 Å². The van der Waals surface area contributed by atoms with E-state index in [1.54, 1.807) is 0 Å². The molecule has 0 aromatic rings. The highest BCUT2D eigenvalue weighted by molar-refractivity contribution is 5.88. The third-order valence-corrected chi connectivity index (χ3v) is 4.43. The first kappa shape index (κ1) is 11.9. The highest BCUT2D eigenvalue weighted by Gasteiger charge is 2.48. The van der Waals surface area contributed by atoms with E-state index >= 15 is 0 Å². The Hall–Kier alpha value is -0.570. The zero-order chi connectivity index (χ0) is 11.8. The molecule has 92 valence electrons. The van der Waals surface area contributed by atoms with Gasteiger partial charge >= 0.3 is 0 Å². The molecule has 1 heterocycles. The first-order valence-electron chi connectivity index (χ1n) is 6.71. The summed E-state index contributed by atoms with van der Waals surface area (Å²) in [5.41, 5.74) is -0.316. The Bertz CT molecular complexity index is 273. The maximum atomic E-state index is 12.3. The largest absolute Gasteiger partial charge is 0.326 e. The van der Waals surface area contributed by atoms with Gasteiger partial charge in [0.2, 0.25) is 5.91 Å². The van der Waals surface area contributed by atoms with Gasteiger partial charge in [-0.05, 0) is 39.0 Å². The minimum atomic E-state index is -0.316. The summed E-state index contributed by atoms with van der Waals surface area (Å²) in [5, 5.41) is 3.59. The van der Waals surface area contributed by atoms with Crippen LogP contribution in [0.5, 0.6) is 0 Å². The summed E-state index contributed by atoms with van der Waals surface area (Å²) >= 11 is 0. The molecule has 2 fully saturated rings. The number of hydrogen-bond donors (Lipinski definition) is 1. The van der Waals surface area contributed by atoms with Crippen molar-refractivity contribution in [3.05, 3.63) is 0 Å². The lowest BCUT2D eigenvalue weighted by molar-refractivity contribution is -0.133. The Morgan fingerprint density at radius 3 is 2.50 bits per heavy atom. The Kier molecular flexibility index (Phi) is 3.24. The van der Waals surface area contributed by atoms with E-state index in [-0.39, 0.29) is 5.54 Å². The summed E-state index contributed by atoms with van der Waals surface area (Å²) in [4.78, 5) is 14.4. The Morgan fingerprint density at radius 2 is 2.00 bits per heavy atom. The number of nitrogens with zero attached hydrogens (tertiary/aromatic N) is 1. The summed E-state index contributed by atoms with van der Waals surface area (Å²) in [7, 11) is 0. The minimum Gasteiger partial charge on any atom is -0.326 e. The van der Waals surface area contributed by atoms with Crippen molar-refractivity contribution in [1.82, 2.24) is 10.2 Å². The van der Waals surface area contributed by atoms with Crippen molar-refractivity contribution < 1.29 is 4.79 Å². The van der Waals surface area contributed by atoms with E-state index < -0.39 is 0 Å². The van der Waals surface area contributed by atoms with Gasteiger partial charge in [0, 0.05) is 6.54 Å². The van der Waals surface area contributed by atoms with Crippen LogP contribution in [0.15, 0.2) is 0 Å². The van der Waals surface area contributed by atoms with E-state index in [2.05, 4.69) is 24.1 Å². The Labute approximate surface area is 98.6 Å². The molecule has 0 spiro atoms. The van der Waals surface area contributed by atoms with Crippen molar-refractivity contribution in [2.75, 3.05) is 6.54 Å². The van der Waals surface area contributed by atoms with E-state index in [1.807, 2.05) is 6.92 Å². The average molecular weight is 224 g/mol. The van der Waals surface area contributed by atoms with E-state index in [4.69, 9.17) is 0 Å². The fraction of sp³-hybridized carbons (Fsp3) is 0.923. The average Bonchev–Trinajstić information content (AvgIpc) is 2.88. The third-order valence-electron chi connectivity index (χ3n) is 4.43. The van der Waals surface area contributed by atoms with Crippen molar-refractivity contribution in [2.45, 2.75) is 64.6 Å². The highest BCUT2D eigenvalue weighted by Crippen LogP contribution is 2.35. The minimum absolute atomic E-state index is 0.296. The van der Waals surface area contributed by atoms with Crippen LogP contribution in [0.4, 0.5) is 0 Å². The summed E-state index contributed by atoms with van der Waals surface area (Å²) in [5.74, 6) is 0.978. The van der Waals surface area contributed by atoms with E-state index in [0.29, 0.717) is 18.0 Å². The van der Waals surface area contributed by atoms with Gasteiger partial charge in [0.25, 0.3) is 0 Å². The van der Waals surface area contributed by atoms with Gasteiger partial charge < -0.3 is 4.90 Å². The molecule has 0 bridgehead atoms. The summed E-state index contributed by atoms with van der Waals surface area (Å²) in [6, 6.07) is 0. The van der Waals surface area contributed by atoms with Crippen molar-refractivity contribution >= 4 is 5.91 Å². The SMILES string of the molecule is CCN1C(=O)C(C)(CC)NC1C1CCCC1. The predicted octanol–water partition coefficient (Wildman–Crippen LogP) is 2.12. The molecule has 0 aromatic heterocycles. The number of carbonyl (C=O) groups excluding carboxylic acids is 1. The second kappa shape index (κ2) is 4.36. The topological polar surface area (TPSA) is 32.3 Å². The lowest BCUT2D eigenvalue weighted by Crippen LogP contribution is -2.45. The molecule has 1 N–H and O–H groups in total. The molecule has 1 aliphatic carbocycles. The molecule has 3 nitrogen and oxygen atoms in total. The molecular weight excluding hydrogens is 200 g/mol. The number of hydrogen-bond acceptors (Lipinski definition) is 2. The molecular formula is C13H24N2O. The van der Waals surface area contributed by atoms with Crippen molar-refractivity contribution in [3.63, 3.8) is 0 Å². The zero-order valence-electron chi connectivity index (χ0n) is 10.8. The molecule has 1 saturated heterocycles. The lowest BCUT2D eigenvalue weighted by Gasteiger charge is -2.27. The summed E-state index contributed by atoms with van der Waals surface area (Å²) in [6.45, 7) is 7.06. The quantitative estimate of drug-likeness (QED) is 0.796. The monoisotopic (exact) mass is 224 g/mol. The van der Waals surface area contributed by atoms with Gasteiger partial charge in [-0.25, -0.2) is 0 Å². The fourth-order valence-corrected chi connectivity index (χ4v) is 3.15. The van der Waals surface area contributed by atoms with Crippen molar-refractivity contribution in [3.8, 4) is 0 Å². The van der Waals surface area contributed by atoms with Crippen molar-refractivity contribution in [1.29, 1.82) is 0 Å². The van der Waals surface area contributed by atoms with Crippen LogP contribution in [0, 0.1) is 5.92 Å². The molecule has 3 heteroatoms. The van der Waals surface area contributed by atoms with Crippen LogP contribution in [0.25, 0.3) is 0 Å². The van der Waals surface area contributed by atoms with Gasteiger partial charge in [0.1, 0.15) is 0 Å². The number of amides is 1. The molecule has 16 heavy (non-hydrogen) atoms. The van der Waals surface area contributed by atoms with Crippen LogP contribution < -0.4 is 5.32 Å². The maximum absolute atomic E-state index is 12.3. The fourth-order valence-electron chi connectivity index (χ4n) is 3.15. The molecule has 1 saturated carbocycles. The van der Waals surface area contributed by atoms with Crippen LogP contribution in [0.2, 0.25) is 0 Å². The van der Waals surface area contributed by atoms with E-state index in [0.717, 1.165) is 13.0 Å². The van der Waals surface area contributed by atoms with Gasteiger partial charge in [-0.2, -0.15) is 0 Å². The second-order valence-electron chi connectivity index (χ2n) is 5.41. The maximum Gasteiger partial charge on any atom is 0.243 e.